The second-order valence-corrected chi connectivity index (χ2v) is 9.69. The van der Waals surface area contributed by atoms with Gasteiger partial charge in [-0.1, -0.05) is 55.3 Å². The SMILES string of the molecule is Cc1ccc(COc2ccc(/C=N\NC(=O)C(NC(=O)c3ccc(Cl)cc3)C(C)C)cc2Br)cc1. The van der Waals surface area contributed by atoms with Gasteiger partial charge in [-0.3, -0.25) is 9.59 Å². The first-order valence-corrected chi connectivity index (χ1v) is 12.3. The van der Waals surface area contributed by atoms with E-state index >= 15 is 0 Å². The van der Waals surface area contributed by atoms with Gasteiger partial charge in [0, 0.05) is 10.6 Å². The van der Waals surface area contributed by atoms with Crippen LogP contribution in [-0.2, 0) is 11.4 Å². The lowest BCUT2D eigenvalue weighted by Crippen LogP contribution is -2.48. The van der Waals surface area contributed by atoms with Gasteiger partial charge in [-0.25, -0.2) is 5.43 Å². The van der Waals surface area contributed by atoms with Crippen molar-refractivity contribution in [1.82, 2.24) is 10.7 Å². The number of ether oxygens (including phenoxy) is 1. The summed E-state index contributed by atoms with van der Waals surface area (Å²) in [5.41, 5.74) is 5.99. The minimum Gasteiger partial charge on any atom is -0.488 e. The first-order valence-electron chi connectivity index (χ1n) is 11.1. The lowest BCUT2D eigenvalue weighted by molar-refractivity contribution is -0.123. The van der Waals surface area contributed by atoms with Gasteiger partial charge in [0.25, 0.3) is 11.8 Å². The number of aryl methyl sites for hydroxylation is 1. The normalized spacial score (nSPS) is 11.9. The highest BCUT2D eigenvalue weighted by molar-refractivity contribution is 9.10. The molecule has 0 fully saturated rings. The molecular formula is C27H27BrClN3O3. The molecule has 0 radical (unpaired) electrons. The molecule has 6 nitrogen and oxygen atoms in total. The molecule has 3 aromatic rings. The first kappa shape index (κ1) is 26.4. The molecule has 0 saturated carbocycles. The fourth-order valence-corrected chi connectivity index (χ4v) is 3.80. The van der Waals surface area contributed by atoms with Crippen LogP contribution in [0.15, 0.2) is 76.3 Å². The summed E-state index contributed by atoms with van der Waals surface area (Å²) in [5, 5.41) is 7.34. The number of hydrazone groups is 1. The number of rotatable bonds is 9. The molecule has 0 bridgehead atoms. The number of hydrogen-bond donors (Lipinski definition) is 2. The Kier molecular flexibility index (Phi) is 9.46. The van der Waals surface area contributed by atoms with Gasteiger partial charge in [-0.15, -0.1) is 0 Å². The molecule has 0 aromatic heterocycles. The number of carbonyl (C=O) groups is 2. The smallest absolute Gasteiger partial charge is 0.262 e. The zero-order valence-corrected chi connectivity index (χ0v) is 22.1. The fraction of sp³-hybridized carbons (Fsp3) is 0.222. The lowest BCUT2D eigenvalue weighted by atomic mass is 10.0. The largest absolute Gasteiger partial charge is 0.488 e. The molecular weight excluding hydrogens is 530 g/mol. The van der Waals surface area contributed by atoms with Crippen molar-refractivity contribution in [1.29, 1.82) is 0 Å². The van der Waals surface area contributed by atoms with Crippen LogP contribution in [0.25, 0.3) is 0 Å². The Bertz CT molecular complexity index is 1200. The molecule has 3 rings (SSSR count). The average Bonchev–Trinajstić information content (AvgIpc) is 2.83. The zero-order valence-electron chi connectivity index (χ0n) is 19.7. The van der Waals surface area contributed by atoms with Crippen LogP contribution in [0.3, 0.4) is 0 Å². The van der Waals surface area contributed by atoms with E-state index in [1.165, 1.54) is 11.8 Å². The van der Waals surface area contributed by atoms with E-state index in [1.54, 1.807) is 24.3 Å². The van der Waals surface area contributed by atoms with Crippen molar-refractivity contribution < 1.29 is 14.3 Å². The van der Waals surface area contributed by atoms with E-state index < -0.39 is 11.9 Å². The second-order valence-electron chi connectivity index (χ2n) is 8.40. The molecule has 2 N–H and O–H groups in total. The average molecular weight is 557 g/mol. The van der Waals surface area contributed by atoms with Gasteiger partial charge >= 0.3 is 0 Å². The van der Waals surface area contributed by atoms with Gasteiger partial charge in [-0.2, -0.15) is 5.10 Å². The molecule has 0 spiro atoms. The van der Waals surface area contributed by atoms with E-state index in [9.17, 15) is 9.59 Å². The Morgan fingerprint density at radius 1 is 1.06 bits per heavy atom. The maximum atomic E-state index is 12.7. The van der Waals surface area contributed by atoms with Gasteiger partial charge in [0.05, 0.1) is 10.7 Å². The number of hydrogen-bond acceptors (Lipinski definition) is 4. The van der Waals surface area contributed by atoms with Crippen LogP contribution in [0, 0.1) is 12.8 Å². The molecule has 3 aromatic carbocycles. The fourth-order valence-electron chi connectivity index (χ4n) is 3.16. The quantitative estimate of drug-likeness (QED) is 0.255. The van der Waals surface area contributed by atoms with Crippen LogP contribution in [-0.4, -0.2) is 24.1 Å². The van der Waals surface area contributed by atoms with E-state index in [4.69, 9.17) is 16.3 Å². The van der Waals surface area contributed by atoms with Crippen molar-refractivity contribution in [3.63, 3.8) is 0 Å². The van der Waals surface area contributed by atoms with E-state index in [0.717, 1.165) is 15.6 Å². The van der Waals surface area contributed by atoms with Crippen LogP contribution in [0.5, 0.6) is 5.75 Å². The van der Waals surface area contributed by atoms with Gasteiger partial charge in [0.15, 0.2) is 0 Å². The minimum absolute atomic E-state index is 0.138. The third-order valence-corrected chi connectivity index (χ3v) is 6.07. The van der Waals surface area contributed by atoms with Gasteiger partial charge in [0.1, 0.15) is 18.4 Å². The number of amides is 2. The van der Waals surface area contributed by atoms with E-state index in [2.05, 4.69) is 43.9 Å². The van der Waals surface area contributed by atoms with Crippen LogP contribution in [0.2, 0.25) is 5.02 Å². The molecule has 8 heteroatoms. The Balaban J connectivity index is 1.56. The highest BCUT2D eigenvalue weighted by Crippen LogP contribution is 2.26. The highest BCUT2D eigenvalue weighted by Gasteiger charge is 2.24. The van der Waals surface area contributed by atoms with E-state index in [1.807, 2.05) is 51.1 Å². The molecule has 182 valence electrons. The van der Waals surface area contributed by atoms with Gasteiger partial charge < -0.3 is 10.1 Å². The number of benzene rings is 3. The molecule has 0 heterocycles. The van der Waals surface area contributed by atoms with E-state index in [0.29, 0.717) is 22.9 Å². The molecule has 0 saturated heterocycles. The molecule has 0 aliphatic rings. The van der Waals surface area contributed by atoms with Crippen molar-refractivity contribution in [3.05, 3.63) is 98.5 Å². The maximum Gasteiger partial charge on any atom is 0.262 e. The van der Waals surface area contributed by atoms with Crippen molar-refractivity contribution in [2.75, 3.05) is 0 Å². The standard InChI is InChI=1S/C27H27BrClN3O3/c1-17(2)25(31-26(33)21-9-11-22(29)12-10-21)27(34)32-30-15-20-8-13-24(23(28)14-20)35-16-19-6-4-18(3)5-7-19/h4-15,17,25H,16H2,1-3H3,(H,31,33)(H,32,34)/b30-15-. The number of carbonyl (C=O) groups excluding carboxylic acids is 2. The van der Waals surface area contributed by atoms with Crippen LogP contribution in [0.4, 0.5) is 0 Å². The summed E-state index contributed by atoms with van der Waals surface area (Å²) in [6.07, 6.45) is 1.53. The molecule has 1 atom stereocenters. The third-order valence-electron chi connectivity index (χ3n) is 5.20. The van der Waals surface area contributed by atoms with Crippen LogP contribution < -0.4 is 15.5 Å². The summed E-state index contributed by atoms with van der Waals surface area (Å²) in [5.74, 6) is -0.197. The Morgan fingerprint density at radius 2 is 1.74 bits per heavy atom. The molecule has 0 aliphatic carbocycles. The summed E-state index contributed by atoms with van der Waals surface area (Å²) < 4.78 is 6.66. The van der Waals surface area contributed by atoms with Crippen LogP contribution in [0.1, 0.15) is 40.9 Å². The predicted molar refractivity (Wildman–Crippen MR) is 143 cm³/mol. The number of nitrogens with zero attached hydrogens (tertiary/aromatic N) is 1. The molecule has 0 aliphatic heterocycles. The van der Waals surface area contributed by atoms with Gasteiger partial charge in [0.2, 0.25) is 0 Å². The van der Waals surface area contributed by atoms with Crippen molar-refractivity contribution in [2.24, 2.45) is 11.0 Å². The predicted octanol–water partition coefficient (Wildman–Crippen LogP) is 5.89. The van der Waals surface area contributed by atoms with Crippen molar-refractivity contribution in [3.8, 4) is 5.75 Å². The summed E-state index contributed by atoms with van der Waals surface area (Å²) in [6.45, 7) is 6.20. The Labute approximate surface area is 218 Å². The Hall–Kier alpha value is -3.16. The number of halogens is 2. The second kappa shape index (κ2) is 12.5. The summed E-state index contributed by atoms with van der Waals surface area (Å²) >= 11 is 9.39. The highest BCUT2D eigenvalue weighted by atomic mass is 79.9. The third kappa shape index (κ3) is 7.94. The Morgan fingerprint density at radius 3 is 2.37 bits per heavy atom. The van der Waals surface area contributed by atoms with Crippen molar-refractivity contribution in [2.45, 2.75) is 33.4 Å². The van der Waals surface area contributed by atoms with E-state index in [-0.39, 0.29) is 11.8 Å². The summed E-state index contributed by atoms with van der Waals surface area (Å²) in [6, 6.07) is 19.4. The van der Waals surface area contributed by atoms with Crippen LogP contribution >= 0.6 is 27.5 Å². The monoisotopic (exact) mass is 555 g/mol. The van der Waals surface area contributed by atoms with Gasteiger partial charge in [-0.05, 0) is 82.4 Å². The summed E-state index contributed by atoms with van der Waals surface area (Å²) in [4.78, 5) is 25.2. The topological polar surface area (TPSA) is 79.8 Å². The number of nitrogens with one attached hydrogen (secondary N) is 2. The zero-order chi connectivity index (χ0) is 25.4. The first-order chi connectivity index (χ1) is 16.7. The summed E-state index contributed by atoms with van der Waals surface area (Å²) in [7, 11) is 0. The van der Waals surface area contributed by atoms with Crippen molar-refractivity contribution >= 4 is 45.6 Å². The minimum atomic E-state index is -0.750. The molecule has 2 amide bonds. The maximum absolute atomic E-state index is 12.7. The molecule has 35 heavy (non-hydrogen) atoms. The molecule has 1 unspecified atom stereocenters. The lowest BCUT2D eigenvalue weighted by Gasteiger charge is -2.20.